The van der Waals surface area contributed by atoms with Crippen LogP contribution in [0.5, 0.6) is 5.75 Å². The summed E-state index contributed by atoms with van der Waals surface area (Å²) in [6.45, 7) is 0. The SMILES string of the molecule is COc1ccc(C(N)=O)cc1NC(=O)c1nonc1N. The molecule has 0 aliphatic rings. The van der Waals surface area contributed by atoms with Crippen LogP contribution in [0.2, 0.25) is 0 Å². The number of carbonyl (C=O) groups is 2. The highest BCUT2D eigenvalue weighted by atomic mass is 16.6. The number of nitrogen functional groups attached to an aromatic ring is 1. The topological polar surface area (TPSA) is 146 Å². The Bertz CT molecular complexity index is 667. The fourth-order valence-corrected chi connectivity index (χ4v) is 1.49. The Morgan fingerprint density at radius 2 is 2.10 bits per heavy atom. The number of nitrogens with one attached hydrogen (secondary N) is 1. The average molecular weight is 277 g/mol. The molecule has 0 bridgehead atoms. The van der Waals surface area contributed by atoms with Crippen LogP contribution in [0.4, 0.5) is 11.5 Å². The van der Waals surface area contributed by atoms with E-state index in [9.17, 15) is 9.59 Å². The summed E-state index contributed by atoms with van der Waals surface area (Å²) in [5.74, 6) is -1.08. The number of primary amides is 1. The molecule has 2 rings (SSSR count). The van der Waals surface area contributed by atoms with Gasteiger partial charge in [-0.05, 0) is 28.5 Å². The van der Waals surface area contributed by atoms with E-state index in [4.69, 9.17) is 16.2 Å². The molecule has 0 aliphatic heterocycles. The summed E-state index contributed by atoms with van der Waals surface area (Å²) in [5, 5.41) is 9.15. The Morgan fingerprint density at radius 3 is 2.65 bits per heavy atom. The number of nitrogens with zero attached hydrogens (tertiary/aromatic N) is 2. The Labute approximate surface area is 112 Å². The number of rotatable bonds is 4. The number of hydrogen-bond donors (Lipinski definition) is 3. The van der Waals surface area contributed by atoms with Crippen LogP contribution in [0.15, 0.2) is 22.8 Å². The first kappa shape index (κ1) is 13.3. The van der Waals surface area contributed by atoms with Crippen molar-refractivity contribution in [2.45, 2.75) is 0 Å². The van der Waals surface area contributed by atoms with Gasteiger partial charge in [-0.2, -0.15) is 0 Å². The molecule has 1 aromatic heterocycles. The van der Waals surface area contributed by atoms with E-state index in [-0.39, 0.29) is 22.8 Å². The zero-order valence-corrected chi connectivity index (χ0v) is 10.4. The number of amides is 2. The van der Waals surface area contributed by atoms with Crippen molar-refractivity contribution in [2.24, 2.45) is 5.73 Å². The summed E-state index contributed by atoms with van der Waals surface area (Å²) in [6.07, 6.45) is 0. The van der Waals surface area contributed by atoms with E-state index in [2.05, 4.69) is 20.3 Å². The van der Waals surface area contributed by atoms with Crippen molar-refractivity contribution in [2.75, 3.05) is 18.2 Å². The molecule has 0 atom stereocenters. The van der Waals surface area contributed by atoms with Gasteiger partial charge in [0.05, 0.1) is 12.8 Å². The molecule has 0 radical (unpaired) electrons. The molecule has 0 spiro atoms. The summed E-state index contributed by atoms with van der Waals surface area (Å²) >= 11 is 0. The minimum Gasteiger partial charge on any atom is -0.495 e. The molecular formula is C11H11N5O4. The number of aromatic nitrogens is 2. The van der Waals surface area contributed by atoms with Gasteiger partial charge in [0.1, 0.15) is 5.75 Å². The smallest absolute Gasteiger partial charge is 0.281 e. The summed E-state index contributed by atoms with van der Waals surface area (Å²) in [7, 11) is 1.42. The molecule has 0 fully saturated rings. The van der Waals surface area contributed by atoms with E-state index in [0.29, 0.717) is 5.75 Å². The molecule has 104 valence electrons. The summed E-state index contributed by atoms with van der Waals surface area (Å²) in [5.41, 5.74) is 10.9. The van der Waals surface area contributed by atoms with Gasteiger partial charge in [0.2, 0.25) is 17.4 Å². The van der Waals surface area contributed by atoms with Gasteiger partial charge in [-0.3, -0.25) is 9.59 Å². The minimum absolute atomic E-state index is 0.146. The molecule has 0 saturated heterocycles. The van der Waals surface area contributed by atoms with Crippen LogP contribution >= 0.6 is 0 Å². The number of methoxy groups -OCH3 is 1. The third-order valence-electron chi connectivity index (χ3n) is 2.46. The number of benzene rings is 1. The van der Waals surface area contributed by atoms with Crippen LogP contribution in [0.25, 0.3) is 0 Å². The zero-order valence-electron chi connectivity index (χ0n) is 10.4. The van der Waals surface area contributed by atoms with Crippen LogP contribution < -0.4 is 21.5 Å². The molecule has 5 N–H and O–H groups in total. The van der Waals surface area contributed by atoms with E-state index >= 15 is 0 Å². The molecular weight excluding hydrogens is 266 g/mol. The lowest BCUT2D eigenvalue weighted by Crippen LogP contribution is -2.16. The van der Waals surface area contributed by atoms with Crippen molar-refractivity contribution in [3.63, 3.8) is 0 Å². The number of hydrogen-bond acceptors (Lipinski definition) is 7. The lowest BCUT2D eigenvalue weighted by atomic mass is 10.1. The lowest BCUT2D eigenvalue weighted by molar-refractivity contribution is 0.0994. The fourth-order valence-electron chi connectivity index (χ4n) is 1.49. The minimum atomic E-state index is -0.649. The predicted octanol–water partition coefficient (Wildman–Crippen LogP) is 0.0116. The van der Waals surface area contributed by atoms with E-state index in [1.54, 1.807) is 0 Å². The van der Waals surface area contributed by atoms with Gasteiger partial charge >= 0.3 is 0 Å². The number of carbonyl (C=O) groups excluding carboxylic acids is 2. The molecule has 1 heterocycles. The van der Waals surface area contributed by atoms with Gasteiger partial charge in [0, 0.05) is 5.56 Å². The van der Waals surface area contributed by atoms with Crippen molar-refractivity contribution in [1.82, 2.24) is 10.3 Å². The van der Waals surface area contributed by atoms with Crippen molar-refractivity contribution in [1.29, 1.82) is 0 Å². The Morgan fingerprint density at radius 1 is 1.35 bits per heavy atom. The van der Waals surface area contributed by atoms with Gasteiger partial charge in [-0.15, -0.1) is 0 Å². The monoisotopic (exact) mass is 277 g/mol. The molecule has 0 aliphatic carbocycles. The first-order valence-corrected chi connectivity index (χ1v) is 5.40. The first-order valence-electron chi connectivity index (χ1n) is 5.40. The van der Waals surface area contributed by atoms with Gasteiger partial charge < -0.3 is 21.5 Å². The second kappa shape index (κ2) is 5.26. The summed E-state index contributed by atoms with van der Waals surface area (Å²) < 4.78 is 9.40. The fraction of sp³-hybridized carbons (Fsp3) is 0.0909. The predicted molar refractivity (Wildman–Crippen MR) is 68.2 cm³/mol. The normalized spacial score (nSPS) is 10.1. The largest absolute Gasteiger partial charge is 0.495 e. The Kier molecular flexibility index (Phi) is 3.51. The first-order chi connectivity index (χ1) is 9.52. The number of ether oxygens (including phenoxy) is 1. The van der Waals surface area contributed by atoms with Gasteiger partial charge in [0.25, 0.3) is 5.91 Å². The van der Waals surface area contributed by atoms with Gasteiger partial charge in [-0.1, -0.05) is 0 Å². The highest BCUT2D eigenvalue weighted by Crippen LogP contribution is 2.26. The average Bonchev–Trinajstić information content (AvgIpc) is 2.84. The number of nitrogens with two attached hydrogens (primary N) is 2. The van der Waals surface area contributed by atoms with Crippen LogP contribution in [0.3, 0.4) is 0 Å². The van der Waals surface area contributed by atoms with Crippen LogP contribution in [0, 0.1) is 0 Å². The summed E-state index contributed by atoms with van der Waals surface area (Å²) in [4.78, 5) is 23.1. The maximum absolute atomic E-state index is 11.9. The molecule has 9 nitrogen and oxygen atoms in total. The molecule has 0 unspecified atom stereocenters. The van der Waals surface area contributed by atoms with E-state index in [0.717, 1.165) is 0 Å². The summed E-state index contributed by atoms with van der Waals surface area (Å²) in [6, 6.07) is 4.35. The zero-order chi connectivity index (χ0) is 14.7. The van der Waals surface area contributed by atoms with Crippen molar-refractivity contribution in [3.8, 4) is 5.75 Å². The molecule has 2 amide bonds. The number of anilines is 2. The van der Waals surface area contributed by atoms with Gasteiger partial charge in [0.15, 0.2) is 0 Å². The molecule has 0 saturated carbocycles. The van der Waals surface area contributed by atoms with E-state index in [1.807, 2.05) is 0 Å². The van der Waals surface area contributed by atoms with Crippen LogP contribution in [-0.4, -0.2) is 29.2 Å². The van der Waals surface area contributed by atoms with Crippen molar-refractivity contribution in [3.05, 3.63) is 29.5 Å². The van der Waals surface area contributed by atoms with Crippen LogP contribution in [-0.2, 0) is 0 Å². The van der Waals surface area contributed by atoms with E-state index < -0.39 is 11.8 Å². The maximum Gasteiger partial charge on any atom is 0.281 e. The highest BCUT2D eigenvalue weighted by molar-refractivity contribution is 6.07. The quantitative estimate of drug-likeness (QED) is 0.713. The molecule has 2 aromatic rings. The molecule has 20 heavy (non-hydrogen) atoms. The van der Waals surface area contributed by atoms with Gasteiger partial charge in [-0.25, -0.2) is 4.63 Å². The van der Waals surface area contributed by atoms with Crippen molar-refractivity contribution >= 4 is 23.3 Å². The highest BCUT2D eigenvalue weighted by Gasteiger charge is 2.18. The molecule has 1 aromatic carbocycles. The lowest BCUT2D eigenvalue weighted by Gasteiger charge is -2.10. The third kappa shape index (κ3) is 2.51. The second-order valence-corrected chi connectivity index (χ2v) is 3.73. The second-order valence-electron chi connectivity index (χ2n) is 3.73. The molecule has 9 heteroatoms. The maximum atomic E-state index is 11.9. The standard InChI is InChI=1S/C11H11N5O4/c1-19-7-3-2-5(10(13)17)4-6(7)14-11(18)8-9(12)16-20-15-8/h2-4H,1H3,(H2,12,16)(H2,13,17)(H,14,18). The Hall–Kier alpha value is -3.10. The van der Waals surface area contributed by atoms with E-state index in [1.165, 1.54) is 25.3 Å². The van der Waals surface area contributed by atoms with Crippen LogP contribution in [0.1, 0.15) is 20.8 Å². The third-order valence-corrected chi connectivity index (χ3v) is 2.46. The van der Waals surface area contributed by atoms with Crippen molar-refractivity contribution < 1.29 is 19.0 Å². The Balaban J connectivity index is 2.32.